The van der Waals surface area contributed by atoms with Gasteiger partial charge in [-0.15, -0.1) is 0 Å². The lowest BCUT2D eigenvalue weighted by Crippen LogP contribution is -2.61. The molecule has 1 saturated carbocycles. The molecule has 2 saturated heterocycles. The Morgan fingerprint density at radius 2 is 2.12 bits per heavy atom. The predicted octanol–water partition coefficient (Wildman–Crippen LogP) is 2.53. The minimum absolute atomic E-state index is 0.0945. The maximum Gasteiger partial charge on any atom is 0.334 e. The van der Waals surface area contributed by atoms with Gasteiger partial charge < -0.3 is 19.0 Å². The summed E-state index contributed by atoms with van der Waals surface area (Å²) in [5, 5.41) is 10.9. The summed E-state index contributed by atoms with van der Waals surface area (Å²) in [7, 11) is 0. The van der Waals surface area contributed by atoms with Crippen LogP contribution in [0.1, 0.15) is 44.3 Å². The van der Waals surface area contributed by atoms with Gasteiger partial charge in [0.05, 0.1) is 24.5 Å². The minimum atomic E-state index is -0.843. The number of ether oxygens (including phenoxy) is 2. The molecule has 138 valence electrons. The molecule has 2 aliphatic carbocycles. The van der Waals surface area contributed by atoms with Crippen LogP contribution in [0, 0.1) is 22.7 Å². The Bertz CT molecular complexity index is 795. The van der Waals surface area contributed by atoms with Crippen molar-refractivity contribution in [2.45, 2.75) is 44.8 Å². The van der Waals surface area contributed by atoms with Crippen LogP contribution in [0.25, 0.3) is 0 Å². The van der Waals surface area contributed by atoms with Crippen LogP contribution < -0.4 is 0 Å². The number of allylic oxidation sites excluding steroid dienone is 1. The Morgan fingerprint density at radius 3 is 2.88 bits per heavy atom. The number of rotatable bonds is 1. The lowest BCUT2D eigenvalue weighted by atomic mass is 9.45. The van der Waals surface area contributed by atoms with Gasteiger partial charge in [0, 0.05) is 16.6 Å². The summed E-state index contributed by atoms with van der Waals surface area (Å²) in [6.07, 6.45) is 6.56. The quantitative estimate of drug-likeness (QED) is 0.777. The third-order valence-electron chi connectivity index (χ3n) is 7.21. The molecule has 6 nitrogen and oxygen atoms in total. The average molecular weight is 358 g/mol. The van der Waals surface area contributed by atoms with Crippen molar-refractivity contribution in [3.63, 3.8) is 0 Å². The Labute approximate surface area is 151 Å². The standard InChI is InChI=1S/C20H22O6/c1-19-8-14(11-5-6-24-9-11)26-18(23)16(19)13(21)7-20-10-25-17(22)12(20)3-2-4-15(19)20/h3,5-6,9,13-16,21H,2,4,7-8,10H2,1H3/t13-,14-,15+,16+,19-,20-/m1/s1. The fraction of sp³-hybridized carbons (Fsp3) is 0.600. The third kappa shape index (κ3) is 1.91. The van der Waals surface area contributed by atoms with E-state index in [9.17, 15) is 14.7 Å². The first-order valence-electron chi connectivity index (χ1n) is 9.24. The lowest BCUT2D eigenvalue weighted by molar-refractivity contribution is -0.210. The first-order valence-corrected chi connectivity index (χ1v) is 9.24. The number of aliphatic hydroxyl groups excluding tert-OH is 1. The van der Waals surface area contributed by atoms with Gasteiger partial charge in [0.15, 0.2) is 0 Å². The molecule has 5 rings (SSSR count). The number of carbonyl (C=O) groups excluding carboxylic acids is 2. The van der Waals surface area contributed by atoms with Gasteiger partial charge in [0.25, 0.3) is 0 Å². The Kier molecular flexibility index (Phi) is 3.24. The number of hydrogen-bond acceptors (Lipinski definition) is 6. The molecule has 1 spiro atoms. The van der Waals surface area contributed by atoms with E-state index in [-0.39, 0.29) is 17.9 Å². The highest BCUT2D eigenvalue weighted by Crippen LogP contribution is 2.66. The van der Waals surface area contributed by atoms with E-state index in [4.69, 9.17) is 13.9 Å². The number of carbonyl (C=O) groups is 2. The van der Waals surface area contributed by atoms with Gasteiger partial charge in [-0.05, 0) is 43.1 Å². The lowest BCUT2D eigenvalue weighted by Gasteiger charge is -2.59. The summed E-state index contributed by atoms with van der Waals surface area (Å²) in [6, 6.07) is 1.81. The van der Waals surface area contributed by atoms with Crippen molar-refractivity contribution in [3.05, 3.63) is 35.8 Å². The van der Waals surface area contributed by atoms with Gasteiger partial charge in [-0.2, -0.15) is 0 Å². The number of aliphatic hydroxyl groups is 1. The molecule has 2 aliphatic heterocycles. The van der Waals surface area contributed by atoms with Crippen LogP contribution >= 0.6 is 0 Å². The van der Waals surface area contributed by atoms with Crippen LogP contribution in [0.3, 0.4) is 0 Å². The summed E-state index contributed by atoms with van der Waals surface area (Å²) in [5.74, 6) is -1.10. The smallest absolute Gasteiger partial charge is 0.334 e. The van der Waals surface area contributed by atoms with Crippen LogP contribution in [0.4, 0.5) is 0 Å². The van der Waals surface area contributed by atoms with Crippen molar-refractivity contribution in [3.8, 4) is 0 Å². The van der Waals surface area contributed by atoms with Gasteiger partial charge in [-0.25, -0.2) is 4.79 Å². The number of cyclic esters (lactones) is 2. The fourth-order valence-electron chi connectivity index (χ4n) is 6.21. The van der Waals surface area contributed by atoms with Crippen molar-refractivity contribution in [2.75, 3.05) is 6.61 Å². The Morgan fingerprint density at radius 1 is 1.27 bits per heavy atom. The molecule has 0 unspecified atom stereocenters. The first-order chi connectivity index (χ1) is 12.5. The van der Waals surface area contributed by atoms with E-state index in [1.165, 1.54) is 0 Å². The monoisotopic (exact) mass is 358 g/mol. The van der Waals surface area contributed by atoms with E-state index in [1.807, 2.05) is 12.1 Å². The molecule has 26 heavy (non-hydrogen) atoms. The van der Waals surface area contributed by atoms with Gasteiger partial charge in [-0.3, -0.25) is 4.79 Å². The van der Waals surface area contributed by atoms with Crippen molar-refractivity contribution < 1.29 is 28.6 Å². The van der Waals surface area contributed by atoms with E-state index in [1.54, 1.807) is 12.5 Å². The molecule has 4 aliphatic rings. The van der Waals surface area contributed by atoms with E-state index in [2.05, 4.69) is 6.92 Å². The predicted molar refractivity (Wildman–Crippen MR) is 88.6 cm³/mol. The second-order valence-electron chi connectivity index (χ2n) is 8.42. The molecule has 0 amide bonds. The van der Waals surface area contributed by atoms with Crippen molar-refractivity contribution in [1.82, 2.24) is 0 Å². The second-order valence-corrected chi connectivity index (χ2v) is 8.42. The number of furan rings is 1. The zero-order chi connectivity index (χ0) is 18.1. The molecule has 3 fully saturated rings. The molecular weight excluding hydrogens is 336 g/mol. The van der Waals surface area contributed by atoms with Gasteiger partial charge >= 0.3 is 11.9 Å². The maximum absolute atomic E-state index is 12.9. The van der Waals surface area contributed by atoms with Crippen molar-refractivity contribution >= 4 is 11.9 Å². The Balaban J connectivity index is 1.60. The zero-order valence-corrected chi connectivity index (χ0v) is 14.6. The molecule has 0 bridgehead atoms. The summed E-state index contributed by atoms with van der Waals surface area (Å²) in [5.41, 5.74) is 0.574. The van der Waals surface area contributed by atoms with Crippen LogP contribution in [-0.2, 0) is 19.1 Å². The average Bonchev–Trinajstić information content (AvgIpc) is 3.22. The first kappa shape index (κ1) is 16.1. The van der Waals surface area contributed by atoms with E-state index in [0.29, 0.717) is 25.0 Å². The molecular formula is C20H22O6. The van der Waals surface area contributed by atoms with E-state index in [0.717, 1.165) is 18.4 Å². The molecule has 6 atom stereocenters. The normalized spacial score (nSPS) is 44.3. The molecule has 1 aromatic heterocycles. The number of fused-ring (bicyclic) bond motifs is 2. The molecule has 3 heterocycles. The molecule has 0 aromatic carbocycles. The summed E-state index contributed by atoms with van der Waals surface area (Å²) >= 11 is 0. The van der Waals surface area contributed by atoms with Crippen LogP contribution in [0.15, 0.2) is 34.7 Å². The van der Waals surface area contributed by atoms with E-state index < -0.39 is 29.0 Å². The van der Waals surface area contributed by atoms with Crippen LogP contribution in [-0.4, -0.2) is 29.8 Å². The SMILES string of the molecule is C[C@]12C[C@H](c3ccoc3)OC(=O)[C@@H]1[C@H](O)C[C@@]13COC(=O)C1=CCC[C@H]32. The Hall–Kier alpha value is -2.08. The summed E-state index contributed by atoms with van der Waals surface area (Å²) in [6.45, 7) is 2.37. The number of hydrogen-bond donors (Lipinski definition) is 1. The van der Waals surface area contributed by atoms with E-state index >= 15 is 0 Å². The fourth-order valence-corrected chi connectivity index (χ4v) is 6.21. The third-order valence-corrected chi connectivity index (χ3v) is 7.21. The van der Waals surface area contributed by atoms with Gasteiger partial charge in [0.2, 0.25) is 0 Å². The number of esters is 2. The zero-order valence-electron chi connectivity index (χ0n) is 14.6. The maximum atomic E-state index is 12.9. The van der Waals surface area contributed by atoms with Crippen LogP contribution in [0.2, 0.25) is 0 Å². The molecule has 1 aromatic rings. The minimum Gasteiger partial charge on any atom is -0.472 e. The molecule has 0 radical (unpaired) electrons. The van der Waals surface area contributed by atoms with Gasteiger partial charge in [-0.1, -0.05) is 13.0 Å². The summed E-state index contributed by atoms with van der Waals surface area (Å²) in [4.78, 5) is 25.1. The molecule has 1 N–H and O–H groups in total. The van der Waals surface area contributed by atoms with Crippen molar-refractivity contribution in [1.29, 1.82) is 0 Å². The topological polar surface area (TPSA) is 86.0 Å². The van der Waals surface area contributed by atoms with Gasteiger partial charge in [0.1, 0.15) is 12.7 Å². The van der Waals surface area contributed by atoms with Crippen molar-refractivity contribution in [2.24, 2.45) is 22.7 Å². The highest BCUT2D eigenvalue weighted by molar-refractivity contribution is 5.93. The largest absolute Gasteiger partial charge is 0.472 e. The highest BCUT2D eigenvalue weighted by atomic mass is 16.6. The second kappa shape index (κ2) is 5.22. The summed E-state index contributed by atoms with van der Waals surface area (Å²) < 4.78 is 16.3. The highest BCUT2D eigenvalue weighted by Gasteiger charge is 2.67. The van der Waals surface area contributed by atoms with Crippen LogP contribution in [0.5, 0.6) is 0 Å². The molecule has 6 heteroatoms.